The molecule has 0 unspecified atom stereocenters. The number of hydrogen-bond acceptors (Lipinski definition) is 6. The lowest BCUT2D eigenvalue weighted by molar-refractivity contribution is -0.120. The standard InChI is InChI=1S/C26H27ClN2O6S/c1-33-21-11-13-24(34-2)25(16-21)36(31,32)29-14-6-7-18(17-29)26(30)28-22-15-19(27)10-12-23(22)35-20-8-4-3-5-9-20/h3-5,8-13,15-16,18H,6-7,14,17H2,1-2H3,(H,28,30)/t18-/m0/s1. The highest BCUT2D eigenvalue weighted by Gasteiger charge is 2.35. The van der Waals surface area contributed by atoms with Crippen LogP contribution in [-0.2, 0) is 14.8 Å². The van der Waals surface area contributed by atoms with Crippen LogP contribution in [0.2, 0.25) is 5.02 Å². The summed E-state index contributed by atoms with van der Waals surface area (Å²) in [6.45, 7) is 0.329. The number of methoxy groups -OCH3 is 2. The van der Waals surface area contributed by atoms with Crippen molar-refractivity contribution >= 4 is 33.2 Å². The molecule has 1 N–H and O–H groups in total. The molecule has 1 saturated heterocycles. The number of rotatable bonds is 8. The van der Waals surface area contributed by atoms with Crippen LogP contribution in [0.3, 0.4) is 0 Å². The average molecular weight is 531 g/mol. The van der Waals surface area contributed by atoms with Crippen LogP contribution < -0.4 is 19.5 Å². The molecule has 3 aromatic carbocycles. The van der Waals surface area contributed by atoms with Gasteiger partial charge in [0.2, 0.25) is 15.9 Å². The zero-order chi connectivity index (χ0) is 25.7. The fourth-order valence-corrected chi connectivity index (χ4v) is 5.91. The number of ether oxygens (including phenoxy) is 3. The van der Waals surface area contributed by atoms with Crippen molar-refractivity contribution in [1.29, 1.82) is 0 Å². The molecule has 0 bridgehead atoms. The Morgan fingerprint density at radius 1 is 0.972 bits per heavy atom. The summed E-state index contributed by atoms with van der Waals surface area (Å²) < 4.78 is 44.7. The van der Waals surface area contributed by atoms with E-state index in [-0.39, 0.29) is 23.1 Å². The number of halogens is 1. The molecular formula is C26H27ClN2O6S. The Kier molecular flexibility index (Phi) is 8.03. The predicted octanol–water partition coefficient (Wildman–Crippen LogP) is 5.19. The van der Waals surface area contributed by atoms with Gasteiger partial charge in [0.1, 0.15) is 22.1 Å². The van der Waals surface area contributed by atoms with Crippen molar-refractivity contribution in [3.05, 3.63) is 71.8 Å². The second-order valence-corrected chi connectivity index (χ2v) is 10.6. The molecule has 4 rings (SSSR count). The van der Waals surface area contributed by atoms with Gasteiger partial charge in [0.25, 0.3) is 0 Å². The molecule has 190 valence electrons. The van der Waals surface area contributed by atoms with E-state index >= 15 is 0 Å². The van der Waals surface area contributed by atoms with Crippen LogP contribution in [0.5, 0.6) is 23.0 Å². The van der Waals surface area contributed by atoms with Crippen molar-refractivity contribution in [2.75, 3.05) is 32.6 Å². The van der Waals surface area contributed by atoms with Crippen molar-refractivity contribution in [2.24, 2.45) is 5.92 Å². The van der Waals surface area contributed by atoms with Gasteiger partial charge in [0, 0.05) is 24.2 Å². The minimum absolute atomic E-state index is 0.00111. The number of carbonyl (C=O) groups is 1. The second kappa shape index (κ2) is 11.2. The molecule has 1 atom stereocenters. The third-order valence-corrected chi connectivity index (χ3v) is 8.04. The highest BCUT2D eigenvalue weighted by molar-refractivity contribution is 7.89. The van der Waals surface area contributed by atoms with Crippen LogP contribution >= 0.6 is 11.6 Å². The van der Waals surface area contributed by atoms with Crippen molar-refractivity contribution in [3.63, 3.8) is 0 Å². The highest BCUT2D eigenvalue weighted by atomic mass is 35.5. The predicted molar refractivity (Wildman–Crippen MR) is 138 cm³/mol. The van der Waals surface area contributed by atoms with Gasteiger partial charge in [-0.25, -0.2) is 8.42 Å². The number of nitrogens with one attached hydrogen (secondary N) is 1. The summed E-state index contributed by atoms with van der Waals surface area (Å²) in [5.41, 5.74) is 0.408. The molecular weight excluding hydrogens is 504 g/mol. The molecule has 1 aliphatic heterocycles. The Morgan fingerprint density at radius 3 is 2.44 bits per heavy atom. The Bertz CT molecular complexity index is 1330. The Balaban J connectivity index is 1.53. The lowest BCUT2D eigenvalue weighted by Crippen LogP contribution is -2.43. The third-order valence-electron chi connectivity index (χ3n) is 5.91. The van der Waals surface area contributed by atoms with E-state index < -0.39 is 15.9 Å². The van der Waals surface area contributed by atoms with E-state index in [1.54, 1.807) is 42.5 Å². The monoisotopic (exact) mass is 530 g/mol. The first-order valence-corrected chi connectivity index (χ1v) is 13.2. The van der Waals surface area contributed by atoms with E-state index in [4.69, 9.17) is 25.8 Å². The molecule has 3 aromatic rings. The Hall–Kier alpha value is -3.27. The third kappa shape index (κ3) is 5.75. The summed E-state index contributed by atoms with van der Waals surface area (Å²) in [4.78, 5) is 13.2. The first kappa shape index (κ1) is 25.8. The molecule has 36 heavy (non-hydrogen) atoms. The van der Waals surface area contributed by atoms with E-state index in [2.05, 4.69) is 5.32 Å². The minimum Gasteiger partial charge on any atom is -0.497 e. The number of nitrogens with zero attached hydrogens (tertiary/aromatic N) is 1. The molecule has 1 heterocycles. The van der Waals surface area contributed by atoms with Crippen LogP contribution in [0.15, 0.2) is 71.6 Å². The van der Waals surface area contributed by atoms with Gasteiger partial charge < -0.3 is 19.5 Å². The molecule has 8 nitrogen and oxygen atoms in total. The number of amides is 1. The van der Waals surface area contributed by atoms with E-state index in [1.807, 2.05) is 18.2 Å². The van der Waals surface area contributed by atoms with Gasteiger partial charge in [-0.3, -0.25) is 4.79 Å². The molecule has 0 aliphatic carbocycles. The maximum atomic E-state index is 13.5. The van der Waals surface area contributed by atoms with Gasteiger partial charge in [-0.05, 0) is 55.3 Å². The van der Waals surface area contributed by atoms with Crippen LogP contribution in [-0.4, -0.2) is 45.9 Å². The SMILES string of the molecule is COc1ccc(OC)c(S(=O)(=O)N2CCC[C@H](C(=O)Nc3cc(Cl)ccc3Oc3ccccc3)C2)c1. The minimum atomic E-state index is -3.93. The maximum absolute atomic E-state index is 13.5. The topological polar surface area (TPSA) is 94.2 Å². The fraction of sp³-hybridized carbons (Fsp3) is 0.269. The molecule has 1 aliphatic rings. The normalized spacial score (nSPS) is 16.2. The van der Waals surface area contributed by atoms with Crippen LogP contribution in [0, 0.1) is 5.92 Å². The number of benzene rings is 3. The molecule has 0 radical (unpaired) electrons. The quantitative estimate of drug-likeness (QED) is 0.431. The van der Waals surface area contributed by atoms with Crippen molar-refractivity contribution in [2.45, 2.75) is 17.7 Å². The molecule has 0 saturated carbocycles. The lowest BCUT2D eigenvalue weighted by atomic mass is 9.98. The first-order chi connectivity index (χ1) is 17.3. The fourth-order valence-electron chi connectivity index (χ4n) is 4.04. The van der Waals surface area contributed by atoms with Crippen molar-refractivity contribution < 1.29 is 27.4 Å². The molecule has 0 aromatic heterocycles. The average Bonchev–Trinajstić information content (AvgIpc) is 2.90. The van der Waals surface area contributed by atoms with E-state index in [0.717, 1.165) is 0 Å². The highest BCUT2D eigenvalue weighted by Crippen LogP contribution is 2.35. The number of carbonyl (C=O) groups excluding carboxylic acids is 1. The number of piperidine rings is 1. The van der Waals surface area contributed by atoms with E-state index in [1.165, 1.54) is 24.6 Å². The molecule has 1 amide bonds. The number of para-hydroxylation sites is 1. The van der Waals surface area contributed by atoms with Gasteiger partial charge in [-0.15, -0.1) is 0 Å². The van der Waals surface area contributed by atoms with Crippen LogP contribution in [0.4, 0.5) is 5.69 Å². The molecule has 10 heteroatoms. The lowest BCUT2D eigenvalue weighted by Gasteiger charge is -2.31. The van der Waals surface area contributed by atoms with E-state index in [0.29, 0.717) is 47.3 Å². The van der Waals surface area contributed by atoms with Crippen LogP contribution in [0.1, 0.15) is 12.8 Å². The van der Waals surface area contributed by atoms with Gasteiger partial charge >= 0.3 is 0 Å². The summed E-state index contributed by atoms with van der Waals surface area (Å²) in [6, 6.07) is 18.7. The largest absolute Gasteiger partial charge is 0.497 e. The van der Waals surface area contributed by atoms with Crippen LogP contribution in [0.25, 0.3) is 0 Å². The molecule has 1 fully saturated rings. The number of sulfonamides is 1. The number of hydrogen-bond donors (Lipinski definition) is 1. The maximum Gasteiger partial charge on any atom is 0.246 e. The van der Waals surface area contributed by atoms with Crippen molar-refractivity contribution in [3.8, 4) is 23.0 Å². The number of anilines is 1. The molecule has 0 spiro atoms. The van der Waals surface area contributed by atoms with Gasteiger partial charge in [-0.2, -0.15) is 4.31 Å². The van der Waals surface area contributed by atoms with Gasteiger partial charge in [-0.1, -0.05) is 29.8 Å². The Labute approximate surface area is 215 Å². The first-order valence-electron chi connectivity index (χ1n) is 11.4. The van der Waals surface area contributed by atoms with E-state index in [9.17, 15) is 13.2 Å². The summed E-state index contributed by atoms with van der Waals surface area (Å²) in [6.07, 6.45) is 1.08. The zero-order valence-corrected chi connectivity index (χ0v) is 21.5. The summed E-state index contributed by atoms with van der Waals surface area (Å²) in [5.74, 6) is 0.774. The van der Waals surface area contributed by atoms with Gasteiger partial charge in [0.15, 0.2) is 5.75 Å². The second-order valence-electron chi connectivity index (χ2n) is 8.26. The van der Waals surface area contributed by atoms with Crippen molar-refractivity contribution in [1.82, 2.24) is 4.31 Å². The zero-order valence-electron chi connectivity index (χ0n) is 19.9. The Morgan fingerprint density at radius 2 is 1.72 bits per heavy atom. The summed E-state index contributed by atoms with van der Waals surface area (Å²) >= 11 is 6.18. The summed E-state index contributed by atoms with van der Waals surface area (Å²) in [7, 11) is -1.06. The smallest absolute Gasteiger partial charge is 0.246 e. The van der Waals surface area contributed by atoms with Gasteiger partial charge in [0.05, 0.1) is 25.8 Å². The summed E-state index contributed by atoms with van der Waals surface area (Å²) in [5, 5.41) is 3.31.